The number of carbonyl (C=O) groups excluding carboxylic acids is 1. The van der Waals surface area contributed by atoms with Gasteiger partial charge in [-0.15, -0.1) is 0 Å². The van der Waals surface area contributed by atoms with Crippen LogP contribution in [0.2, 0.25) is 0 Å². The van der Waals surface area contributed by atoms with E-state index < -0.39 is 0 Å². The number of hydrogen-bond acceptors (Lipinski definition) is 3. The Hall–Kier alpha value is -1.54. The van der Waals surface area contributed by atoms with Gasteiger partial charge in [-0.25, -0.2) is 0 Å². The van der Waals surface area contributed by atoms with E-state index in [9.17, 15) is 4.79 Å². The van der Waals surface area contributed by atoms with Crippen molar-refractivity contribution in [2.75, 3.05) is 5.32 Å². The Morgan fingerprint density at radius 3 is 2.71 bits per heavy atom. The average Bonchev–Trinajstić information content (AvgIpc) is 2.48. The van der Waals surface area contributed by atoms with E-state index in [1.54, 1.807) is 12.1 Å². The van der Waals surface area contributed by atoms with Gasteiger partial charge in [-0.3, -0.25) is 4.79 Å². The second-order valence-electron chi connectivity index (χ2n) is 5.65. The topological polar surface area (TPSA) is 78.9 Å². The molecular weight excluding hydrogens is 330 g/mol. The van der Waals surface area contributed by atoms with Crippen LogP contribution in [0.1, 0.15) is 44.1 Å². The van der Waals surface area contributed by atoms with Crippen LogP contribution in [0, 0.1) is 17.2 Å². The third-order valence-electron chi connectivity index (χ3n) is 4.07. The Balaban J connectivity index is 2.03. The lowest BCUT2D eigenvalue weighted by atomic mass is 9.84. The average molecular weight is 350 g/mol. The highest BCUT2D eigenvalue weighted by atomic mass is 79.9. The molecule has 1 aromatic carbocycles. The van der Waals surface area contributed by atoms with Gasteiger partial charge >= 0.3 is 0 Å². The monoisotopic (exact) mass is 349 g/mol. The summed E-state index contributed by atoms with van der Waals surface area (Å²) in [7, 11) is 0. The molecule has 1 aliphatic rings. The molecule has 2 rings (SSSR count). The SMILES string of the molecule is N#Cc1ccc(N[C@H](CC2CCCCC2)C(N)=O)cc1Br. The highest BCUT2D eigenvalue weighted by molar-refractivity contribution is 9.10. The van der Waals surface area contributed by atoms with E-state index in [0.29, 0.717) is 11.5 Å². The van der Waals surface area contributed by atoms with Crippen LogP contribution >= 0.6 is 15.9 Å². The maximum Gasteiger partial charge on any atom is 0.239 e. The van der Waals surface area contributed by atoms with Gasteiger partial charge in [-0.05, 0) is 46.5 Å². The molecule has 1 saturated carbocycles. The summed E-state index contributed by atoms with van der Waals surface area (Å²) in [5.74, 6) is 0.256. The van der Waals surface area contributed by atoms with E-state index in [2.05, 4.69) is 27.3 Å². The van der Waals surface area contributed by atoms with Crippen molar-refractivity contribution in [2.45, 2.75) is 44.6 Å². The van der Waals surface area contributed by atoms with Crippen LogP contribution in [0.25, 0.3) is 0 Å². The molecule has 0 bridgehead atoms. The third kappa shape index (κ3) is 4.47. The standard InChI is InChI=1S/C16H20BrN3O/c17-14-9-13(7-6-12(14)10-18)20-15(16(19)21)8-11-4-2-1-3-5-11/h6-7,9,11,15,20H,1-5,8H2,(H2,19,21)/t15-/m1/s1. The molecule has 21 heavy (non-hydrogen) atoms. The van der Waals surface area contributed by atoms with Crippen LogP contribution in [0.5, 0.6) is 0 Å². The second-order valence-corrected chi connectivity index (χ2v) is 6.50. The molecule has 0 aromatic heterocycles. The van der Waals surface area contributed by atoms with Crippen LogP contribution < -0.4 is 11.1 Å². The van der Waals surface area contributed by atoms with Crippen molar-refractivity contribution in [3.63, 3.8) is 0 Å². The molecule has 0 radical (unpaired) electrons. The van der Waals surface area contributed by atoms with Crippen molar-refractivity contribution in [1.82, 2.24) is 0 Å². The van der Waals surface area contributed by atoms with Crippen LogP contribution in [0.3, 0.4) is 0 Å². The summed E-state index contributed by atoms with van der Waals surface area (Å²) >= 11 is 3.35. The number of halogens is 1. The maximum atomic E-state index is 11.7. The van der Waals surface area contributed by atoms with Crippen LogP contribution in [0.4, 0.5) is 5.69 Å². The normalized spacial score (nSPS) is 17.0. The molecule has 3 N–H and O–H groups in total. The number of carbonyl (C=O) groups is 1. The summed E-state index contributed by atoms with van der Waals surface area (Å²) < 4.78 is 0.718. The molecule has 4 nitrogen and oxygen atoms in total. The molecule has 0 aliphatic heterocycles. The Morgan fingerprint density at radius 1 is 1.43 bits per heavy atom. The van der Waals surface area contributed by atoms with Gasteiger partial charge in [0.2, 0.25) is 5.91 Å². The minimum atomic E-state index is -0.354. The van der Waals surface area contributed by atoms with Crippen LogP contribution in [-0.4, -0.2) is 11.9 Å². The number of nitriles is 1. The van der Waals surface area contributed by atoms with Gasteiger partial charge in [-0.1, -0.05) is 32.1 Å². The zero-order valence-electron chi connectivity index (χ0n) is 11.9. The van der Waals surface area contributed by atoms with E-state index in [-0.39, 0.29) is 11.9 Å². The van der Waals surface area contributed by atoms with Gasteiger partial charge in [-0.2, -0.15) is 5.26 Å². The zero-order chi connectivity index (χ0) is 15.2. The van der Waals surface area contributed by atoms with Crippen molar-refractivity contribution >= 4 is 27.5 Å². The number of nitrogens with one attached hydrogen (secondary N) is 1. The Bertz CT molecular complexity index is 547. The highest BCUT2D eigenvalue weighted by Gasteiger charge is 2.22. The lowest BCUT2D eigenvalue weighted by Gasteiger charge is -2.26. The summed E-state index contributed by atoms with van der Waals surface area (Å²) in [6, 6.07) is 7.09. The van der Waals surface area contributed by atoms with Gasteiger partial charge in [0.15, 0.2) is 0 Å². The van der Waals surface area contributed by atoms with E-state index >= 15 is 0 Å². The van der Waals surface area contributed by atoms with Crippen molar-refractivity contribution in [3.05, 3.63) is 28.2 Å². The fourth-order valence-corrected chi connectivity index (χ4v) is 3.37. The number of primary amides is 1. The fourth-order valence-electron chi connectivity index (χ4n) is 2.90. The number of amides is 1. The van der Waals surface area contributed by atoms with Crippen molar-refractivity contribution < 1.29 is 4.79 Å². The number of nitrogens with two attached hydrogens (primary N) is 1. The first-order valence-electron chi connectivity index (χ1n) is 7.35. The molecule has 0 unspecified atom stereocenters. The number of anilines is 1. The molecule has 0 saturated heterocycles. The van der Waals surface area contributed by atoms with Crippen molar-refractivity contribution in [2.24, 2.45) is 11.7 Å². The smallest absolute Gasteiger partial charge is 0.239 e. The third-order valence-corrected chi connectivity index (χ3v) is 4.72. The molecule has 112 valence electrons. The Labute approximate surface area is 133 Å². The van der Waals surface area contributed by atoms with E-state index in [4.69, 9.17) is 11.0 Å². The first-order valence-corrected chi connectivity index (χ1v) is 8.15. The van der Waals surface area contributed by atoms with Gasteiger partial charge < -0.3 is 11.1 Å². The Morgan fingerprint density at radius 2 is 2.14 bits per heavy atom. The molecule has 1 aliphatic carbocycles. The zero-order valence-corrected chi connectivity index (χ0v) is 13.5. The van der Waals surface area contributed by atoms with E-state index in [1.807, 2.05) is 6.07 Å². The number of rotatable bonds is 5. The fraction of sp³-hybridized carbons (Fsp3) is 0.500. The quantitative estimate of drug-likeness (QED) is 0.852. The number of nitrogens with zero attached hydrogens (tertiary/aromatic N) is 1. The molecule has 5 heteroatoms. The number of benzene rings is 1. The molecule has 1 fully saturated rings. The van der Waals surface area contributed by atoms with Crippen molar-refractivity contribution in [3.8, 4) is 6.07 Å². The summed E-state index contributed by atoms with van der Waals surface area (Å²) in [5.41, 5.74) is 6.91. The lowest BCUT2D eigenvalue weighted by molar-refractivity contribution is -0.119. The molecule has 1 aromatic rings. The second kappa shape index (κ2) is 7.46. The van der Waals surface area contributed by atoms with Crippen LogP contribution in [0.15, 0.2) is 22.7 Å². The minimum Gasteiger partial charge on any atom is -0.374 e. The molecule has 1 amide bonds. The first kappa shape index (κ1) is 15.8. The van der Waals surface area contributed by atoms with Gasteiger partial charge in [0.05, 0.1) is 5.56 Å². The molecular formula is C16H20BrN3O. The maximum absolute atomic E-state index is 11.7. The highest BCUT2D eigenvalue weighted by Crippen LogP contribution is 2.29. The summed E-state index contributed by atoms with van der Waals surface area (Å²) in [6.07, 6.45) is 6.95. The van der Waals surface area contributed by atoms with Crippen LogP contribution in [-0.2, 0) is 4.79 Å². The summed E-state index contributed by atoms with van der Waals surface area (Å²) in [5, 5.41) is 12.1. The summed E-state index contributed by atoms with van der Waals surface area (Å²) in [6.45, 7) is 0. The van der Waals surface area contributed by atoms with E-state index in [0.717, 1.165) is 16.6 Å². The molecule has 0 spiro atoms. The molecule has 1 atom stereocenters. The summed E-state index contributed by atoms with van der Waals surface area (Å²) in [4.78, 5) is 11.7. The minimum absolute atomic E-state index is 0.318. The lowest BCUT2D eigenvalue weighted by Crippen LogP contribution is -2.37. The number of hydrogen-bond donors (Lipinski definition) is 2. The van der Waals surface area contributed by atoms with Crippen molar-refractivity contribution in [1.29, 1.82) is 5.26 Å². The molecule has 0 heterocycles. The van der Waals surface area contributed by atoms with E-state index in [1.165, 1.54) is 32.1 Å². The van der Waals surface area contributed by atoms with Gasteiger partial charge in [0, 0.05) is 10.2 Å². The Kier molecular flexibility index (Phi) is 5.63. The predicted molar refractivity (Wildman–Crippen MR) is 86.7 cm³/mol. The van der Waals surface area contributed by atoms with Gasteiger partial charge in [0.25, 0.3) is 0 Å². The van der Waals surface area contributed by atoms with Gasteiger partial charge in [0.1, 0.15) is 12.1 Å². The largest absolute Gasteiger partial charge is 0.374 e. The first-order chi connectivity index (χ1) is 10.1. The predicted octanol–water partition coefficient (Wildman–Crippen LogP) is 3.56.